The van der Waals surface area contributed by atoms with E-state index in [2.05, 4.69) is 22.4 Å². The minimum atomic E-state index is 0.0540. The number of nitrogens with zero attached hydrogens (tertiary/aromatic N) is 2. The molecule has 1 saturated heterocycles. The van der Waals surface area contributed by atoms with Crippen molar-refractivity contribution >= 4 is 0 Å². The van der Waals surface area contributed by atoms with Gasteiger partial charge in [0.2, 0.25) is 5.89 Å². The zero-order valence-electron chi connectivity index (χ0n) is 9.12. The van der Waals surface area contributed by atoms with E-state index in [-0.39, 0.29) is 5.41 Å². The summed E-state index contributed by atoms with van der Waals surface area (Å²) in [6.45, 7) is 4.28. The van der Waals surface area contributed by atoms with E-state index in [1.807, 2.05) is 0 Å². The van der Waals surface area contributed by atoms with Crippen LogP contribution in [-0.4, -0.2) is 23.2 Å². The molecule has 1 aromatic heterocycles. The fourth-order valence-corrected chi connectivity index (χ4v) is 2.23. The fraction of sp³-hybridized carbons (Fsp3) is 0.818. The van der Waals surface area contributed by atoms with Gasteiger partial charge in [-0.1, -0.05) is 5.16 Å². The van der Waals surface area contributed by atoms with Gasteiger partial charge in [0.05, 0.1) is 5.41 Å². The zero-order valence-corrected chi connectivity index (χ0v) is 9.12. The van der Waals surface area contributed by atoms with Gasteiger partial charge in [-0.15, -0.1) is 0 Å². The van der Waals surface area contributed by atoms with Crippen molar-refractivity contribution in [1.82, 2.24) is 15.5 Å². The highest BCUT2D eigenvalue weighted by Crippen LogP contribution is 2.39. The van der Waals surface area contributed by atoms with E-state index in [9.17, 15) is 0 Å². The van der Waals surface area contributed by atoms with Crippen LogP contribution in [0.3, 0.4) is 0 Å². The third-order valence-electron chi connectivity index (χ3n) is 3.50. The number of hydrogen-bond donors (Lipinski definition) is 1. The molecule has 15 heavy (non-hydrogen) atoms. The van der Waals surface area contributed by atoms with Gasteiger partial charge < -0.3 is 9.84 Å². The summed E-state index contributed by atoms with van der Waals surface area (Å²) in [6.07, 6.45) is 4.80. The first kappa shape index (κ1) is 9.33. The predicted octanol–water partition coefficient (Wildman–Crippen LogP) is 1.59. The molecule has 0 amide bonds. The lowest BCUT2D eigenvalue weighted by Gasteiger charge is -2.30. The minimum Gasteiger partial charge on any atom is -0.339 e. The molecule has 0 spiro atoms. The lowest BCUT2D eigenvalue weighted by molar-refractivity contribution is 0.244. The summed E-state index contributed by atoms with van der Waals surface area (Å²) in [5, 5.41) is 7.48. The number of piperidine rings is 1. The third kappa shape index (κ3) is 1.67. The topological polar surface area (TPSA) is 51.0 Å². The zero-order chi connectivity index (χ0) is 10.3. The first-order valence-electron chi connectivity index (χ1n) is 5.83. The van der Waals surface area contributed by atoms with E-state index in [4.69, 9.17) is 4.52 Å². The Kier molecular flexibility index (Phi) is 2.06. The van der Waals surface area contributed by atoms with Gasteiger partial charge in [0.25, 0.3) is 0 Å². The van der Waals surface area contributed by atoms with E-state index >= 15 is 0 Å². The van der Waals surface area contributed by atoms with E-state index in [1.165, 1.54) is 19.3 Å². The molecule has 1 aliphatic carbocycles. The van der Waals surface area contributed by atoms with Crippen molar-refractivity contribution in [3.63, 3.8) is 0 Å². The van der Waals surface area contributed by atoms with Crippen LogP contribution in [0.5, 0.6) is 0 Å². The van der Waals surface area contributed by atoms with Crippen LogP contribution in [0.25, 0.3) is 0 Å². The van der Waals surface area contributed by atoms with Gasteiger partial charge in [-0.3, -0.25) is 0 Å². The number of rotatable bonds is 2. The predicted molar refractivity (Wildman–Crippen MR) is 55.7 cm³/mol. The molecule has 1 saturated carbocycles. The summed E-state index contributed by atoms with van der Waals surface area (Å²) < 4.78 is 5.41. The van der Waals surface area contributed by atoms with Crippen molar-refractivity contribution in [3.05, 3.63) is 11.7 Å². The molecule has 1 aromatic rings. The van der Waals surface area contributed by atoms with Gasteiger partial charge in [-0.25, -0.2) is 0 Å². The van der Waals surface area contributed by atoms with Crippen LogP contribution in [0.2, 0.25) is 0 Å². The molecule has 82 valence electrons. The van der Waals surface area contributed by atoms with Crippen LogP contribution in [0, 0.1) is 0 Å². The molecule has 0 aromatic carbocycles. The minimum absolute atomic E-state index is 0.0540. The number of nitrogens with one attached hydrogen (secondary N) is 1. The van der Waals surface area contributed by atoms with Crippen molar-refractivity contribution < 1.29 is 4.52 Å². The normalized spacial score (nSPS) is 31.8. The average Bonchev–Trinajstić information content (AvgIpc) is 2.97. The van der Waals surface area contributed by atoms with Gasteiger partial charge in [0.1, 0.15) is 0 Å². The molecular weight excluding hydrogens is 190 g/mol. The molecule has 4 nitrogen and oxygen atoms in total. The maximum Gasteiger partial charge on any atom is 0.233 e. The third-order valence-corrected chi connectivity index (χ3v) is 3.50. The second kappa shape index (κ2) is 3.30. The lowest BCUT2D eigenvalue weighted by atomic mass is 9.83. The van der Waals surface area contributed by atoms with Crippen LogP contribution in [0.4, 0.5) is 0 Å². The molecular formula is C11H17N3O. The maximum atomic E-state index is 5.41. The molecule has 1 N–H and O–H groups in total. The van der Waals surface area contributed by atoms with Crippen molar-refractivity contribution in [2.45, 2.75) is 43.9 Å². The maximum absolute atomic E-state index is 5.41. The Balaban J connectivity index is 1.83. The highest BCUT2D eigenvalue weighted by molar-refractivity contribution is 5.10. The van der Waals surface area contributed by atoms with Crippen LogP contribution >= 0.6 is 0 Å². The van der Waals surface area contributed by atoms with Crippen molar-refractivity contribution in [2.75, 3.05) is 13.1 Å². The summed E-state index contributed by atoms with van der Waals surface area (Å²) in [5.74, 6) is 2.34. The molecule has 0 bridgehead atoms. The lowest BCUT2D eigenvalue weighted by Crippen LogP contribution is -2.41. The van der Waals surface area contributed by atoms with E-state index in [0.717, 1.165) is 31.2 Å². The molecule has 0 unspecified atom stereocenters. The van der Waals surface area contributed by atoms with Crippen LogP contribution in [0.15, 0.2) is 4.52 Å². The van der Waals surface area contributed by atoms with Crippen molar-refractivity contribution in [1.29, 1.82) is 0 Å². The van der Waals surface area contributed by atoms with Crippen LogP contribution in [0.1, 0.15) is 50.2 Å². The Labute approximate surface area is 89.4 Å². The Morgan fingerprint density at radius 1 is 1.47 bits per heavy atom. The summed E-state index contributed by atoms with van der Waals surface area (Å²) in [5.41, 5.74) is 0.0540. The first-order chi connectivity index (χ1) is 7.28. The first-order valence-corrected chi connectivity index (χ1v) is 5.83. The van der Waals surface area contributed by atoms with Gasteiger partial charge in [0, 0.05) is 12.5 Å². The summed E-state index contributed by atoms with van der Waals surface area (Å²) >= 11 is 0. The molecule has 0 radical (unpaired) electrons. The van der Waals surface area contributed by atoms with Crippen molar-refractivity contribution in [3.8, 4) is 0 Å². The second-order valence-corrected chi connectivity index (χ2v) is 5.07. The van der Waals surface area contributed by atoms with Gasteiger partial charge >= 0.3 is 0 Å². The standard InChI is InChI=1S/C11H17N3O/c1-11(5-2-6-12-7-11)10-13-9(14-15-10)8-3-4-8/h8,12H,2-7H2,1H3/t11-/m0/s1. The molecule has 1 atom stereocenters. The fourth-order valence-electron chi connectivity index (χ4n) is 2.23. The Morgan fingerprint density at radius 3 is 3.00 bits per heavy atom. The highest BCUT2D eigenvalue weighted by Gasteiger charge is 2.36. The van der Waals surface area contributed by atoms with E-state index < -0.39 is 0 Å². The average molecular weight is 207 g/mol. The number of aromatic nitrogens is 2. The Bertz CT molecular complexity index is 350. The second-order valence-electron chi connectivity index (χ2n) is 5.07. The quantitative estimate of drug-likeness (QED) is 0.800. The molecule has 3 rings (SSSR count). The molecule has 4 heteroatoms. The molecule has 2 aliphatic rings. The summed E-state index contributed by atoms with van der Waals surface area (Å²) in [7, 11) is 0. The van der Waals surface area contributed by atoms with Crippen LogP contribution < -0.4 is 5.32 Å². The Hall–Kier alpha value is -0.900. The smallest absolute Gasteiger partial charge is 0.233 e. The monoisotopic (exact) mass is 207 g/mol. The molecule has 1 aliphatic heterocycles. The molecule has 2 heterocycles. The Morgan fingerprint density at radius 2 is 2.33 bits per heavy atom. The number of hydrogen-bond acceptors (Lipinski definition) is 4. The SMILES string of the molecule is C[C@]1(c2nc(C3CC3)no2)CCCNC1. The van der Waals surface area contributed by atoms with Gasteiger partial charge in [-0.05, 0) is 39.2 Å². The van der Waals surface area contributed by atoms with E-state index in [0.29, 0.717) is 5.92 Å². The van der Waals surface area contributed by atoms with E-state index in [1.54, 1.807) is 0 Å². The molecule has 2 fully saturated rings. The van der Waals surface area contributed by atoms with Gasteiger partial charge in [-0.2, -0.15) is 4.98 Å². The van der Waals surface area contributed by atoms with Crippen LogP contribution in [-0.2, 0) is 5.41 Å². The summed E-state index contributed by atoms with van der Waals surface area (Å²) in [6, 6.07) is 0. The van der Waals surface area contributed by atoms with Gasteiger partial charge in [0.15, 0.2) is 5.82 Å². The highest BCUT2D eigenvalue weighted by atomic mass is 16.5. The summed E-state index contributed by atoms with van der Waals surface area (Å²) in [4.78, 5) is 4.55. The van der Waals surface area contributed by atoms with Crippen molar-refractivity contribution in [2.24, 2.45) is 0 Å². The largest absolute Gasteiger partial charge is 0.339 e.